The number of aryl methyl sites for hydroxylation is 4. The number of nitrogens with one attached hydrogen (secondary N) is 2. The zero-order chi connectivity index (χ0) is 19.9. The zero-order valence-electron chi connectivity index (χ0n) is 16.8. The number of rotatable bonds is 8. The van der Waals surface area contributed by atoms with Crippen LogP contribution < -0.4 is 10.6 Å². The molecule has 2 aromatic heterocycles. The van der Waals surface area contributed by atoms with Crippen LogP contribution in [0.3, 0.4) is 0 Å². The van der Waals surface area contributed by atoms with Crippen molar-refractivity contribution in [2.75, 3.05) is 6.54 Å². The van der Waals surface area contributed by atoms with Crippen LogP contribution in [-0.4, -0.2) is 31.9 Å². The minimum absolute atomic E-state index is 0.149. The monoisotopic (exact) mass is 380 g/mol. The third-order valence-corrected chi connectivity index (χ3v) is 4.66. The third-order valence-electron chi connectivity index (χ3n) is 4.66. The number of amides is 2. The number of aromatic nitrogens is 4. The molecule has 0 aliphatic carbocycles. The summed E-state index contributed by atoms with van der Waals surface area (Å²) in [4.78, 5) is 16.3. The third kappa shape index (κ3) is 5.45. The summed E-state index contributed by atoms with van der Waals surface area (Å²) in [5.74, 6) is 0.989. The van der Waals surface area contributed by atoms with E-state index in [0.29, 0.717) is 13.1 Å². The summed E-state index contributed by atoms with van der Waals surface area (Å²) >= 11 is 0. The highest BCUT2D eigenvalue weighted by Crippen LogP contribution is 2.09. The molecule has 148 valence electrons. The molecule has 0 spiro atoms. The minimum atomic E-state index is -0.149. The molecule has 0 unspecified atom stereocenters. The van der Waals surface area contributed by atoms with Gasteiger partial charge in [0.05, 0.1) is 5.69 Å². The van der Waals surface area contributed by atoms with E-state index in [2.05, 4.69) is 43.5 Å². The van der Waals surface area contributed by atoms with Gasteiger partial charge in [-0.15, -0.1) is 0 Å². The Bertz CT molecular complexity index is 927. The Morgan fingerprint density at radius 3 is 2.64 bits per heavy atom. The van der Waals surface area contributed by atoms with Crippen molar-refractivity contribution in [2.45, 2.75) is 46.8 Å². The van der Waals surface area contributed by atoms with E-state index in [1.54, 1.807) is 6.20 Å². The smallest absolute Gasteiger partial charge is 0.315 e. The van der Waals surface area contributed by atoms with Crippen molar-refractivity contribution >= 4 is 6.03 Å². The Balaban J connectivity index is 1.40. The molecule has 0 bridgehead atoms. The van der Waals surface area contributed by atoms with Crippen LogP contribution in [0.4, 0.5) is 4.79 Å². The van der Waals surface area contributed by atoms with Gasteiger partial charge in [0.25, 0.3) is 0 Å². The van der Waals surface area contributed by atoms with Crippen molar-refractivity contribution in [2.24, 2.45) is 0 Å². The first-order valence-corrected chi connectivity index (χ1v) is 9.59. The van der Waals surface area contributed by atoms with Crippen LogP contribution in [-0.2, 0) is 19.6 Å². The zero-order valence-corrected chi connectivity index (χ0v) is 16.8. The summed E-state index contributed by atoms with van der Waals surface area (Å²) in [5.41, 5.74) is 4.43. The van der Waals surface area contributed by atoms with Crippen LogP contribution in [0.25, 0.3) is 0 Å². The van der Waals surface area contributed by atoms with Gasteiger partial charge in [-0.25, -0.2) is 9.78 Å². The van der Waals surface area contributed by atoms with Gasteiger partial charge < -0.3 is 15.2 Å². The molecule has 0 atom stereocenters. The second-order valence-corrected chi connectivity index (χ2v) is 7.04. The van der Waals surface area contributed by atoms with Gasteiger partial charge in [-0.1, -0.05) is 24.3 Å². The molecule has 0 saturated heterocycles. The topological polar surface area (TPSA) is 76.8 Å². The summed E-state index contributed by atoms with van der Waals surface area (Å²) in [6.45, 7) is 8.71. The van der Waals surface area contributed by atoms with Crippen LogP contribution in [0.2, 0.25) is 0 Å². The highest BCUT2D eigenvalue weighted by molar-refractivity contribution is 5.73. The van der Waals surface area contributed by atoms with Crippen LogP contribution in [0.5, 0.6) is 0 Å². The van der Waals surface area contributed by atoms with E-state index in [4.69, 9.17) is 0 Å². The van der Waals surface area contributed by atoms with Gasteiger partial charge in [0.15, 0.2) is 0 Å². The van der Waals surface area contributed by atoms with Crippen molar-refractivity contribution in [1.82, 2.24) is 30.0 Å². The van der Waals surface area contributed by atoms with Crippen molar-refractivity contribution in [1.29, 1.82) is 0 Å². The molecule has 0 fully saturated rings. The molecule has 7 heteroatoms. The average Bonchev–Trinajstić information content (AvgIpc) is 3.21. The SMILES string of the molecule is Cc1cc(C)n(CCCNC(=O)NCc2cccc(Cn3ccnc3C)c2)n1. The van der Waals surface area contributed by atoms with Crippen LogP contribution in [0, 0.1) is 20.8 Å². The summed E-state index contributed by atoms with van der Waals surface area (Å²) < 4.78 is 4.07. The fourth-order valence-corrected chi connectivity index (χ4v) is 3.18. The molecule has 2 N–H and O–H groups in total. The first-order valence-electron chi connectivity index (χ1n) is 9.59. The van der Waals surface area contributed by atoms with E-state index in [-0.39, 0.29) is 6.03 Å². The number of carbonyl (C=O) groups is 1. The lowest BCUT2D eigenvalue weighted by atomic mass is 10.1. The Morgan fingerprint density at radius 1 is 1.11 bits per heavy atom. The summed E-state index contributed by atoms with van der Waals surface area (Å²) in [6.07, 6.45) is 4.62. The highest BCUT2D eigenvalue weighted by atomic mass is 16.2. The normalized spacial score (nSPS) is 10.8. The molecule has 0 saturated carbocycles. The van der Waals surface area contributed by atoms with Crippen LogP contribution in [0.15, 0.2) is 42.7 Å². The van der Waals surface area contributed by atoms with E-state index in [0.717, 1.165) is 42.3 Å². The molecular weight excluding hydrogens is 352 g/mol. The number of urea groups is 1. The molecule has 1 aromatic carbocycles. The number of carbonyl (C=O) groups excluding carboxylic acids is 1. The first-order chi connectivity index (χ1) is 13.5. The van der Waals surface area contributed by atoms with E-state index in [1.807, 2.05) is 43.8 Å². The van der Waals surface area contributed by atoms with Gasteiger partial charge in [-0.05, 0) is 44.4 Å². The summed E-state index contributed by atoms with van der Waals surface area (Å²) in [7, 11) is 0. The molecule has 0 radical (unpaired) electrons. The number of benzene rings is 1. The largest absolute Gasteiger partial charge is 0.338 e. The number of hydrogen-bond acceptors (Lipinski definition) is 3. The van der Waals surface area contributed by atoms with E-state index in [1.165, 1.54) is 5.56 Å². The quantitative estimate of drug-likeness (QED) is 0.590. The predicted molar refractivity (Wildman–Crippen MR) is 109 cm³/mol. The molecular formula is C21H28N6O. The van der Waals surface area contributed by atoms with Crippen LogP contribution >= 0.6 is 0 Å². The maximum absolute atomic E-state index is 12.0. The Morgan fingerprint density at radius 2 is 1.93 bits per heavy atom. The molecule has 2 amide bonds. The van der Waals surface area contributed by atoms with Crippen LogP contribution in [0.1, 0.15) is 34.8 Å². The standard InChI is InChI=1S/C21H28N6O/c1-16-12-17(2)27(25-16)10-5-8-23-21(28)24-14-19-6-4-7-20(13-19)15-26-11-9-22-18(26)3/h4,6-7,9,11-13H,5,8,10,14-15H2,1-3H3,(H2,23,24,28). The van der Waals surface area contributed by atoms with Gasteiger partial charge >= 0.3 is 6.03 Å². The molecule has 3 rings (SSSR count). The molecule has 0 aliphatic heterocycles. The van der Waals surface area contributed by atoms with Crippen molar-refractivity contribution < 1.29 is 4.79 Å². The lowest BCUT2D eigenvalue weighted by Crippen LogP contribution is -2.35. The highest BCUT2D eigenvalue weighted by Gasteiger charge is 2.04. The molecule has 28 heavy (non-hydrogen) atoms. The van der Waals surface area contributed by atoms with Gasteiger partial charge in [0.1, 0.15) is 5.82 Å². The number of hydrogen-bond donors (Lipinski definition) is 2. The molecule has 7 nitrogen and oxygen atoms in total. The molecule has 2 heterocycles. The second-order valence-electron chi connectivity index (χ2n) is 7.04. The van der Waals surface area contributed by atoms with Gasteiger partial charge in [-0.2, -0.15) is 5.10 Å². The van der Waals surface area contributed by atoms with E-state index in [9.17, 15) is 4.79 Å². The fraction of sp³-hybridized carbons (Fsp3) is 0.381. The van der Waals surface area contributed by atoms with Crippen molar-refractivity contribution in [3.05, 3.63) is 71.1 Å². The Hall–Kier alpha value is -3.09. The van der Waals surface area contributed by atoms with E-state index < -0.39 is 0 Å². The number of imidazole rings is 1. The van der Waals surface area contributed by atoms with Crippen molar-refractivity contribution in [3.63, 3.8) is 0 Å². The molecule has 0 aliphatic rings. The number of nitrogens with zero attached hydrogens (tertiary/aromatic N) is 4. The maximum Gasteiger partial charge on any atom is 0.315 e. The fourth-order valence-electron chi connectivity index (χ4n) is 3.18. The summed E-state index contributed by atoms with van der Waals surface area (Å²) in [5, 5.41) is 10.2. The van der Waals surface area contributed by atoms with Gasteiger partial charge in [0.2, 0.25) is 0 Å². The molecule has 3 aromatic rings. The van der Waals surface area contributed by atoms with E-state index >= 15 is 0 Å². The second kappa shape index (κ2) is 9.21. The average molecular weight is 380 g/mol. The van der Waals surface area contributed by atoms with Gasteiger partial charge in [-0.3, -0.25) is 4.68 Å². The minimum Gasteiger partial charge on any atom is -0.338 e. The van der Waals surface area contributed by atoms with Gasteiger partial charge in [0, 0.05) is 44.3 Å². The predicted octanol–water partition coefficient (Wildman–Crippen LogP) is 2.94. The lowest BCUT2D eigenvalue weighted by molar-refractivity contribution is 0.240. The Kier molecular flexibility index (Phi) is 6.47. The lowest BCUT2D eigenvalue weighted by Gasteiger charge is -2.10. The first kappa shape index (κ1) is 19.7. The van der Waals surface area contributed by atoms with Crippen molar-refractivity contribution in [3.8, 4) is 0 Å². The maximum atomic E-state index is 12.0. The summed E-state index contributed by atoms with van der Waals surface area (Å²) in [6, 6.07) is 10.1. The Labute approximate surface area is 165 Å².